The molecule has 0 aliphatic carbocycles. The molecular weight excluding hydrogens is 286 g/mol. The van der Waals surface area contributed by atoms with E-state index >= 15 is 0 Å². The maximum absolute atomic E-state index is 10.9. The van der Waals surface area contributed by atoms with Gasteiger partial charge in [0.05, 0.1) is 0 Å². The first-order valence-corrected chi connectivity index (χ1v) is 4.94. The zero-order valence-corrected chi connectivity index (χ0v) is 9.73. The summed E-state index contributed by atoms with van der Waals surface area (Å²) in [4.78, 5) is 10.9. The van der Waals surface area contributed by atoms with Crippen LogP contribution in [0.5, 0.6) is 0 Å². The zero-order chi connectivity index (χ0) is 9.30. The Kier molecular flexibility index (Phi) is 3.12. The molecule has 0 amide bonds. The van der Waals surface area contributed by atoms with E-state index < -0.39 is 0 Å². The zero-order valence-electron chi connectivity index (χ0n) is 6.82. The molecule has 12 heavy (non-hydrogen) atoms. The summed E-state index contributed by atoms with van der Waals surface area (Å²) >= 11 is 7.58. The molecule has 0 aliphatic heterocycles. The minimum Gasteiger partial charge on any atom is -0.276 e. The van der Waals surface area contributed by atoms with Gasteiger partial charge in [-0.3, -0.25) is 4.79 Å². The van der Waals surface area contributed by atoms with E-state index in [1.54, 1.807) is 0 Å². The van der Waals surface area contributed by atoms with Gasteiger partial charge in [0.2, 0.25) is 0 Å². The highest BCUT2D eigenvalue weighted by molar-refractivity contribution is 14.1. The summed E-state index contributed by atoms with van der Waals surface area (Å²) < 4.78 is 1.07. The lowest BCUT2D eigenvalue weighted by atomic mass is 10.1. The van der Waals surface area contributed by atoms with Crippen LogP contribution in [0.4, 0.5) is 0 Å². The van der Waals surface area contributed by atoms with Crippen LogP contribution in [0.2, 0.25) is 0 Å². The third kappa shape index (κ3) is 1.98. The standard InChI is InChI=1S/C9H8ClIO/c1-5-3-6(2)8(11)4-7(5)9(10)12/h3-4H,1-2H3. The highest BCUT2D eigenvalue weighted by atomic mass is 127. The molecule has 64 valence electrons. The van der Waals surface area contributed by atoms with E-state index in [-0.39, 0.29) is 5.24 Å². The van der Waals surface area contributed by atoms with Crippen LogP contribution in [0.15, 0.2) is 12.1 Å². The van der Waals surface area contributed by atoms with E-state index in [1.165, 1.54) is 5.56 Å². The Morgan fingerprint density at radius 2 is 1.92 bits per heavy atom. The Labute approximate surface area is 90.3 Å². The number of halogens is 2. The van der Waals surface area contributed by atoms with Crippen LogP contribution < -0.4 is 0 Å². The molecular formula is C9H8ClIO. The van der Waals surface area contributed by atoms with E-state index in [9.17, 15) is 4.79 Å². The van der Waals surface area contributed by atoms with Crippen LogP contribution >= 0.6 is 34.2 Å². The van der Waals surface area contributed by atoms with Crippen molar-refractivity contribution in [3.8, 4) is 0 Å². The van der Waals surface area contributed by atoms with Gasteiger partial charge in [0.25, 0.3) is 5.24 Å². The van der Waals surface area contributed by atoms with E-state index in [0.29, 0.717) is 5.56 Å². The summed E-state index contributed by atoms with van der Waals surface area (Å²) in [5.41, 5.74) is 2.72. The molecule has 0 radical (unpaired) electrons. The molecule has 0 N–H and O–H groups in total. The molecule has 0 saturated heterocycles. The number of hydrogen-bond acceptors (Lipinski definition) is 1. The topological polar surface area (TPSA) is 17.1 Å². The Hall–Kier alpha value is -0.0900. The van der Waals surface area contributed by atoms with Crippen LogP contribution in [0, 0.1) is 17.4 Å². The minimum absolute atomic E-state index is 0.384. The van der Waals surface area contributed by atoms with Gasteiger partial charge in [-0.05, 0) is 65.2 Å². The molecule has 0 heterocycles. The molecule has 0 fully saturated rings. The molecule has 0 aliphatic rings. The van der Waals surface area contributed by atoms with E-state index in [4.69, 9.17) is 11.6 Å². The van der Waals surface area contributed by atoms with Crippen molar-refractivity contribution >= 4 is 39.4 Å². The lowest BCUT2D eigenvalue weighted by molar-refractivity contribution is 0.108. The van der Waals surface area contributed by atoms with Crippen LogP contribution in [-0.2, 0) is 0 Å². The summed E-state index contributed by atoms with van der Waals surface area (Å²) in [6, 6.07) is 3.79. The first-order valence-electron chi connectivity index (χ1n) is 3.49. The smallest absolute Gasteiger partial charge is 0.252 e. The van der Waals surface area contributed by atoms with Crippen LogP contribution in [0.25, 0.3) is 0 Å². The summed E-state index contributed by atoms with van der Waals surface area (Å²) in [7, 11) is 0. The molecule has 1 aromatic rings. The van der Waals surface area contributed by atoms with Crippen molar-refractivity contribution in [1.29, 1.82) is 0 Å². The van der Waals surface area contributed by atoms with Crippen molar-refractivity contribution in [3.05, 3.63) is 32.4 Å². The number of rotatable bonds is 1. The van der Waals surface area contributed by atoms with Gasteiger partial charge in [-0.15, -0.1) is 0 Å². The molecule has 0 spiro atoms. The van der Waals surface area contributed by atoms with Gasteiger partial charge in [-0.25, -0.2) is 0 Å². The lowest BCUT2D eigenvalue weighted by Gasteiger charge is -2.03. The van der Waals surface area contributed by atoms with Crippen molar-refractivity contribution in [3.63, 3.8) is 0 Å². The molecule has 0 aromatic heterocycles. The van der Waals surface area contributed by atoms with Gasteiger partial charge in [0, 0.05) is 9.13 Å². The number of aryl methyl sites for hydroxylation is 2. The Balaban J connectivity index is 3.33. The van der Waals surface area contributed by atoms with Crippen molar-refractivity contribution in [1.82, 2.24) is 0 Å². The van der Waals surface area contributed by atoms with Gasteiger partial charge in [0.1, 0.15) is 0 Å². The summed E-state index contributed by atoms with van der Waals surface area (Å²) in [5.74, 6) is 0. The fraction of sp³-hybridized carbons (Fsp3) is 0.222. The minimum atomic E-state index is -0.384. The first-order chi connectivity index (χ1) is 5.52. The first kappa shape index (κ1) is 9.99. The summed E-state index contributed by atoms with van der Waals surface area (Å²) in [6.45, 7) is 3.90. The van der Waals surface area contributed by atoms with Gasteiger partial charge < -0.3 is 0 Å². The Morgan fingerprint density at radius 1 is 1.33 bits per heavy atom. The van der Waals surface area contributed by atoms with Gasteiger partial charge in [0.15, 0.2) is 0 Å². The predicted octanol–water partition coefficient (Wildman–Crippen LogP) is 3.29. The third-order valence-electron chi connectivity index (χ3n) is 1.72. The highest BCUT2D eigenvalue weighted by Gasteiger charge is 2.07. The number of carbonyl (C=O) groups is 1. The van der Waals surface area contributed by atoms with Gasteiger partial charge in [-0.1, -0.05) is 6.07 Å². The second kappa shape index (κ2) is 3.75. The molecule has 0 saturated carbocycles. The maximum Gasteiger partial charge on any atom is 0.252 e. The quantitative estimate of drug-likeness (QED) is 0.574. The fourth-order valence-corrected chi connectivity index (χ4v) is 1.71. The Morgan fingerprint density at radius 3 is 2.42 bits per heavy atom. The number of hydrogen-bond donors (Lipinski definition) is 0. The molecule has 3 heteroatoms. The van der Waals surface area contributed by atoms with Gasteiger partial charge in [-0.2, -0.15) is 0 Å². The highest BCUT2D eigenvalue weighted by Crippen LogP contribution is 2.18. The number of carbonyl (C=O) groups excluding carboxylic acids is 1. The molecule has 0 atom stereocenters. The average molecular weight is 295 g/mol. The molecule has 0 bridgehead atoms. The fourth-order valence-electron chi connectivity index (χ4n) is 1.04. The average Bonchev–Trinajstić information content (AvgIpc) is 1.96. The van der Waals surface area contributed by atoms with E-state index in [2.05, 4.69) is 22.6 Å². The molecule has 1 nitrogen and oxygen atoms in total. The van der Waals surface area contributed by atoms with Crippen LogP contribution in [-0.4, -0.2) is 5.24 Å². The van der Waals surface area contributed by atoms with Crippen molar-refractivity contribution < 1.29 is 4.79 Å². The molecule has 1 aromatic carbocycles. The monoisotopic (exact) mass is 294 g/mol. The lowest BCUT2D eigenvalue weighted by Crippen LogP contribution is -1.95. The van der Waals surface area contributed by atoms with Crippen LogP contribution in [0.1, 0.15) is 21.5 Å². The Bertz CT molecular complexity index is 334. The van der Waals surface area contributed by atoms with Crippen molar-refractivity contribution in [2.24, 2.45) is 0 Å². The normalized spacial score (nSPS) is 10.0. The maximum atomic E-state index is 10.9. The third-order valence-corrected chi connectivity index (χ3v) is 3.08. The largest absolute Gasteiger partial charge is 0.276 e. The summed E-state index contributed by atoms with van der Waals surface area (Å²) in [6.07, 6.45) is 0. The summed E-state index contributed by atoms with van der Waals surface area (Å²) in [5, 5.41) is -0.384. The molecule has 0 unspecified atom stereocenters. The van der Waals surface area contributed by atoms with E-state index in [1.807, 2.05) is 26.0 Å². The van der Waals surface area contributed by atoms with E-state index in [0.717, 1.165) is 9.13 Å². The second-order valence-electron chi connectivity index (χ2n) is 2.69. The SMILES string of the molecule is Cc1cc(C)c(C(=O)Cl)cc1I. The molecule has 1 rings (SSSR count). The predicted molar refractivity (Wildman–Crippen MR) is 58.8 cm³/mol. The van der Waals surface area contributed by atoms with Crippen LogP contribution in [0.3, 0.4) is 0 Å². The second-order valence-corrected chi connectivity index (χ2v) is 4.20. The van der Waals surface area contributed by atoms with Crippen molar-refractivity contribution in [2.75, 3.05) is 0 Å². The van der Waals surface area contributed by atoms with Crippen molar-refractivity contribution in [2.45, 2.75) is 13.8 Å². The van der Waals surface area contributed by atoms with Gasteiger partial charge >= 0.3 is 0 Å². The number of benzene rings is 1.